The molecule has 5 nitrogen and oxygen atoms in total. The number of nitrogens with zero attached hydrogens (tertiary/aromatic N) is 3. The lowest BCUT2D eigenvalue weighted by Gasteiger charge is -2.38. The second-order valence-corrected chi connectivity index (χ2v) is 7.34. The standard InChI is InChI=1S/C18H20ClN5/c1-20-17-18(4-2-5-18)12-7-13(19)16(8-14(12)23-17)24-15-3-6-21-9-11(15)10-22-24/h7-8,10,21H,2-6,9H2,1H3,(H,20,23). The molecule has 1 fully saturated rings. The molecule has 1 aliphatic carbocycles. The number of aromatic nitrogens is 2. The van der Waals surface area contributed by atoms with E-state index < -0.39 is 0 Å². The first-order valence-electron chi connectivity index (χ1n) is 8.58. The summed E-state index contributed by atoms with van der Waals surface area (Å²) >= 11 is 6.70. The molecule has 24 heavy (non-hydrogen) atoms. The van der Waals surface area contributed by atoms with Crippen LogP contribution in [0.4, 0.5) is 5.69 Å². The second-order valence-electron chi connectivity index (χ2n) is 6.94. The fraction of sp³-hybridized carbons (Fsp3) is 0.444. The van der Waals surface area contributed by atoms with Crippen molar-refractivity contribution in [2.24, 2.45) is 4.99 Å². The number of hydrogen-bond acceptors (Lipinski definition) is 3. The third-order valence-corrected chi connectivity index (χ3v) is 6.08. The minimum atomic E-state index is 0.0692. The molecule has 6 heteroatoms. The molecule has 0 radical (unpaired) electrons. The lowest BCUT2D eigenvalue weighted by Crippen LogP contribution is -2.41. The molecular weight excluding hydrogens is 322 g/mol. The molecule has 2 N–H and O–H groups in total. The predicted octanol–water partition coefficient (Wildman–Crippen LogP) is 3.05. The Bertz CT molecular complexity index is 863. The predicted molar refractivity (Wildman–Crippen MR) is 96.5 cm³/mol. The zero-order valence-corrected chi connectivity index (χ0v) is 14.5. The number of halogens is 1. The van der Waals surface area contributed by atoms with Crippen molar-refractivity contribution in [3.8, 4) is 5.69 Å². The Morgan fingerprint density at radius 1 is 1.33 bits per heavy atom. The zero-order valence-electron chi connectivity index (χ0n) is 13.7. The molecule has 124 valence electrons. The Morgan fingerprint density at radius 2 is 2.21 bits per heavy atom. The van der Waals surface area contributed by atoms with Crippen molar-refractivity contribution in [2.45, 2.75) is 37.6 Å². The molecule has 0 unspecified atom stereocenters. The van der Waals surface area contributed by atoms with Gasteiger partial charge in [0, 0.05) is 37.8 Å². The van der Waals surface area contributed by atoms with Crippen molar-refractivity contribution in [3.05, 3.63) is 40.2 Å². The van der Waals surface area contributed by atoms with E-state index in [9.17, 15) is 0 Å². The summed E-state index contributed by atoms with van der Waals surface area (Å²) in [6.07, 6.45) is 6.47. The van der Waals surface area contributed by atoms with E-state index in [1.807, 2.05) is 17.9 Å². The summed E-state index contributed by atoms with van der Waals surface area (Å²) in [6.45, 7) is 1.86. The smallest absolute Gasteiger partial charge is 0.111 e. The van der Waals surface area contributed by atoms with Crippen molar-refractivity contribution in [1.29, 1.82) is 0 Å². The quantitative estimate of drug-likeness (QED) is 0.838. The molecule has 2 aromatic rings. The van der Waals surface area contributed by atoms with Crippen LogP contribution in [-0.4, -0.2) is 29.2 Å². The van der Waals surface area contributed by atoms with Gasteiger partial charge in [0.2, 0.25) is 0 Å². The van der Waals surface area contributed by atoms with Crippen LogP contribution in [0.3, 0.4) is 0 Å². The van der Waals surface area contributed by atoms with Crippen LogP contribution in [0.1, 0.15) is 36.1 Å². The van der Waals surface area contributed by atoms with E-state index in [1.165, 1.54) is 23.2 Å². The number of aliphatic imine (C=N–C) groups is 1. The molecule has 0 amide bonds. The van der Waals surface area contributed by atoms with E-state index in [2.05, 4.69) is 32.9 Å². The summed E-state index contributed by atoms with van der Waals surface area (Å²) < 4.78 is 2.01. The number of anilines is 1. The SMILES string of the molecule is CN=C1Nc2cc(-n3ncc4c3CCNC4)c(Cl)cc2C12CCC2. The van der Waals surface area contributed by atoms with Gasteiger partial charge in [-0.15, -0.1) is 0 Å². The summed E-state index contributed by atoms with van der Waals surface area (Å²) in [5.41, 5.74) is 5.98. The number of hydrogen-bond donors (Lipinski definition) is 2. The van der Waals surface area contributed by atoms with E-state index in [0.29, 0.717) is 0 Å². The van der Waals surface area contributed by atoms with E-state index in [4.69, 9.17) is 11.6 Å². The van der Waals surface area contributed by atoms with Crippen molar-refractivity contribution >= 4 is 23.1 Å². The summed E-state index contributed by atoms with van der Waals surface area (Å²) in [7, 11) is 1.87. The fourth-order valence-electron chi connectivity index (χ4n) is 4.36. The highest BCUT2D eigenvalue weighted by Crippen LogP contribution is 2.52. The first kappa shape index (κ1) is 14.5. The van der Waals surface area contributed by atoms with Crippen LogP contribution < -0.4 is 10.6 Å². The number of rotatable bonds is 1. The van der Waals surface area contributed by atoms with Gasteiger partial charge in [-0.1, -0.05) is 18.0 Å². The highest BCUT2D eigenvalue weighted by atomic mass is 35.5. The van der Waals surface area contributed by atoms with Crippen LogP contribution in [0, 0.1) is 0 Å². The number of amidine groups is 1. The number of benzene rings is 1. The lowest BCUT2D eigenvalue weighted by molar-refractivity contribution is 0.347. The first-order valence-corrected chi connectivity index (χ1v) is 8.96. The molecule has 3 aliphatic rings. The molecule has 0 bridgehead atoms. The molecule has 1 spiro atoms. The lowest BCUT2D eigenvalue weighted by atomic mass is 9.65. The van der Waals surface area contributed by atoms with E-state index in [-0.39, 0.29) is 5.41 Å². The van der Waals surface area contributed by atoms with Gasteiger partial charge in [0.1, 0.15) is 5.84 Å². The maximum Gasteiger partial charge on any atom is 0.111 e. The fourth-order valence-corrected chi connectivity index (χ4v) is 4.61. The van der Waals surface area contributed by atoms with Gasteiger partial charge >= 0.3 is 0 Å². The Hall–Kier alpha value is -1.85. The van der Waals surface area contributed by atoms with E-state index in [1.54, 1.807) is 0 Å². The van der Waals surface area contributed by atoms with Gasteiger partial charge in [-0.3, -0.25) is 4.99 Å². The van der Waals surface area contributed by atoms with Gasteiger partial charge < -0.3 is 10.6 Å². The van der Waals surface area contributed by atoms with E-state index in [0.717, 1.165) is 54.6 Å². The van der Waals surface area contributed by atoms with Gasteiger partial charge in [0.25, 0.3) is 0 Å². The molecular formula is C18H20ClN5. The monoisotopic (exact) mass is 341 g/mol. The van der Waals surface area contributed by atoms with Gasteiger partial charge in [0.15, 0.2) is 0 Å². The topological polar surface area (TPSA) is 54.2 Å². The summed E-state index contributed by atoms with van der Waals surface area (Å²) in [6, 6.07) is 4.27. The maximum absolute atomic E-state index is 6.70. The van der Waals surface area contributed by atoms with Gasteiger partial charge in [-0.05, 0) is 30.5 Å². The maximum atomic E-state index is 6.70. The third-order valence-electron chi connectivity index (χ3n) is 5.78. The van der Waals surface area contributed by atoms with Gasteiger partial charge in [0.05, 0.1) is 28.0 Å². The van der Waals surface area contributed by atoms with Crippen LogP contribution in [0.5, 0.6) is 0 Å². The molecule has 1 aromatic heterocycles. The molecule has 0 saturated heterocycles. The van der Waals surface area contributed by atoms with Gasteiger partial charge in [-0.2, -0.15) is 5.10 Å². The average molecular weight is 342 g/mol. The summed E-state index contributed by atoms with van der Waals surface area (Å²) in [4.78, 5) is 4.50. The minimum Gasteiger partial charge on any atom is -0.343 e. The molecule has 5 rings (SSSR count). The summed E-state index contributed by atoms with van der Waals surface area (Å²) in [5.74, 6) is 1.09. The number of fused-ring (bicyclic) bond motifs is 3. The van der Waals surface area contributed by atoms with Crippen LogP contribution in [-0.2, 0) is 18.4 Å². The Kier molecular flexibility index (Phi) is 3.06. The Balaban J connectivity index is 1.65. The Labute approximate surface area is 146 Å². The van der Waals surface area contributed by atoms with Crippen LogP contribution >= 0.6 is 11.6 Å². The average Bonchev–Trinajstić information content (AvgIpc) is 3.12. The highest BCUT2D eigenvalue weighted by Gasteiger charge is 2.49. The van der Waals surface area contributed by atoms with Crippen molar-refractivity contribution < 1.29 is 0 Å². The molecule has 2 aliphatic heterocycles. The minimum absolute atomic E-state index is 0.0692. The summed E-state index contributed by atoms with van der Waals surface area (Å²) in [5, 5.41) is 12.3. The molecule has 1 aromatic carbocycles. The van der Waals surface area contributed by atoms with Gasteiger partial charge in [-0.25, -0.2) is 4.68 Å². The third kappa shape index (κ3) is 1.80. The number of nitrogens with one attached hydrogen (secondary N) is 2. The van der Waals surface area contributed by atoms with Crippen LogP contribution in [0.2, 0.25) is 5.02 Å². The molecule has 0 atom stereocenters. The highest BCUT2D eigenvalue weighted by molar-refractivity contribution is 6.33. The zero-order chi connectivity index (χ0) is 16.3. The van der Waals surface area contributed by atoms with Crippen LogP contribution in [0.15, 0.2) is 23.3 Å². The Morgan fingerprint density at radius 3 is 2.96 bits per heavy atom. The van der Waals surface area contributed by atoms with E-state index >= 15 is 0 Å². The van der Waals surface area contributed by atoms with Crippen molar-refractivity contribution in [1.82, 2.24) is 15.1 Å². The second kappa shape index (κ2) is 5.07. The largest absolute Gasteiger partial charge is 0.343 e. The van der Waals surface area contributed by atoms with Crippen LogP contribution in [0.25, 0.3) is 5.69 Å². The molecule has 3 heterocycles. The first-order chi connectivity index (χ1) is 11.7. The normalized spacial score (nSPS) is 22.2. The molecule has 1 saturated carbocycles. The van der Waals surface area contributed by atoms with Crippen molar-refractivity contribution in [2.75, 3.05) is 18.9 Å². The van der Waals surface area contributed by atoms with Crippen molar-refractivity contribution in [3.63, 3.8) is 0 Å².